The molecule has 7 rings (SSSR count). The maximum Gasteiger partial charge on any atom is 0.306 e. The molecule has 6 aliphatic carbocycles. The average Bonchev–Trinajstić information content (AvgIpc) is 3.84. The molecule has 65 heavy (non-hydrogen) atoms. The molecule has 374 valence electrons. The van der Waals surface area contributed by atoms with Gasteiger partial charge in [0.15, 0.2) is 9.84 Å². The van der Waals surface area contributed by atoms with Gasteiger partial charge in [-0.25, -0.2) is 8.42 Å². The van der Waals surface area contributed by atoms with E-state index in [0.717, 1.165) is 25.8 Å². The lowest BCUT2D eigenvalue weighted by atomic mass is 9.32. The molecule has 0 aromatic heterocycles. The van der Waals surface area contributed by atoms with Crippen LogP contribution in [0.15, 0.2) is 0 Å². The van der Waals surface area contributed by atoms with E-state index in [1.165, 1.54) is 57.8 Å². The molecule has 6 saturated carbocycles. The number of aliphatic carboxylic acids is 1. The van der Waals surface area contributed by atoms with Gasteiger partial charge in [-0.2, -0.15) is 0 Å². The Kier molecular flexibility index (Phi) is 15.4. The molecule has 1 aliphatic heterocycles. The molecule has 0 amide bonds. The fourth-order valence-corrected chi connectivity index (χ4v) is 17.6. The predicted octanol–water partition coefficient (Wildman–Crippen LogP) is 8.20. The van der Waals surface area contributed by atoms with E-state index in [-0.39, 0.29) is 75.8 Å². The largest absolute Gasteiger partial charge is 0.481 e. The summed E-state index contributed by atoms with van der Waals surface area (Å²) in [6, 6.07) is 0.0549. The van der Waals surface area contributed by atoms with Gasteiger partial charge >= 0.3 is 11.9 Å². The molecule has 12 nitrogen and oxygen atoms in total. The van der Waals surface area contributed by atoms with Crippen molar-refractivity contribution in [1.29, 1.82) is 0 Å². The summed E-state index contributed by atoms with van der Waals surface area (Å²) in [4.78, 5) is 27.3. The number of sulfone groups is 1. The topological polar surface area (TPSA) is 150 Å². The lowest BCUT2D eigenvalue weighted by Gasteiger charge is -2.73. The molecule has 7 fully saturated rings. The van der Waals surface area contributed by atoms with Crippen molar-refractivity contribution in [2.24, 2.45) is 62.1 Å². The first kappa shape index (κ1) is 51.5. The smallest absolute Gasteiger partial charge is 0.306 e. The highest BCUT2D eigenvalue weighted by Crippen LogP contribution is 2.78. The normalized spacial score (nSPS) is 39.2. The number of carboxylic acid groups (broad SMARTS) is 1. The van der Waals surface area contributed by atoms with Crippen LogP contribution in [0.4, 0.5) is 0 Å². The van der Waals surface area contributed by atoms with Crippen molar-refractivity contribution in [3.63, 3.8) is 0 Å². The second-order valence-corrected chi connectivity index (χ2v) is 27.1. The predicted molar refractivity (Wildman–Crippen MR) is 253 cm³/mol. The number of carbonyl (C=O) groups is 2. The molecule has 13 heteroatoms. The fourth-order valence-electron chi connectivity index (χ4n) is 16.3. The second kappa shape index (κ2) is 19.4. The summed E-state index contributed by atoms with van der Waals surface area (Å²) in [5, 5.41) is 13.8. The first-order valence-corrected chi connectivity index (χ1v) is 27.6. The number of hydrogen-bond acceptors (Lipinski definition) is 11. The number of rotatable bonds is 21. The molecule has 2 unspecified atom stereocenters. The number of esters is 1. The van der Waals surface area contributed by atoms with Gasteiger partial charge < -0.3 is 34.1 Å². The van der Waals surface area contributed by atoms with Crippen molar-refractivity contribution in [2.75, 3.05) is 77.9 Å². The van der Waals surface area contributed by atoms with Crippen molar-refractivity contribution in [3.8, 4) is 0 Å². The molecule has 0 aromatic rings. The lowest BCUT2D eigenvalue weighted by molar-refractivity contribution is -0.248. The summed E-state index contributed by atoms with van der Waals surface area (Å²) in [6.45, 7) is 26.2. The molecule has 0 radical (unpaired) electrons. The number of carboxylic acids is 1. The van der Waals surface area contributed by atoms with E-state index < -0.39 is 21.2 Å². The first-order chi connectivity index (χ1) is 30.5. The van der Waals surface area contributed by atoms with Crippen LogP contribution in [0.3, 0.4) is 0 Å². The van der Waals surface area contributed by atoms with Gasteiger partial charge in [0, 0.05) is 43.7 Å². The molecular weight excluding hydrogens is 845 g/mol. The van der Waals surface area contributed by atoms with E-state index in [9.17, 15) is 23.1 Å². The Bertz CT molecular complexity index is 1770. The third-order valence-corrected chi connectivity index (χ3v) is 21.9. The van der Waals surface area contributed by atoms with Crippen LogP contribution in [0.5, 0.6) is 0 Å². The van der Waals surface area contributed by atoms with Crippen molar-refractivity contribution in [2.45, 2.75) is 176 Å². The van der Waals surface area contributed by atoms with Crippen molar-refractivity contribution in [3.05, 3.63) is 0 Å². The highest BCUT2D eigenvalue weighted by molar-refractivity contribution is 7.91. The number of ether oxygens (including phenoxy) is 5. The van der Waals surface area contributed by atoms with Gasteiger partial charge in [-0.05, 0) is 141 Å². The highest BCUT2D eigenvalue weighted by Gasteiger charge is 2.72. The van der Waals surface area contributed by atoms with Crippen LogP contribution in [0.2, 0.25) is 0 Å². The quantitative estimate of drug-likeness (QED) is 0.0844. The van der Waals surface area contributed by atoms with E-state index in [0.29, 0.717) is 87.7 Å². The Labute approximate surface area is 393 Å². The van der Waals surface area contributed by atoms with Crippen molar-refractivity contribution in [1.82, 2.24) is 10.2 Å². The van der Waals surface area contributed by atoms with E-state index in [1.54, 1.807) is 7.11 Å². The third-order valence-electron chi connectivity index (χ3n) is 20.3. The zero-order valence-electron chi connectivity index (χ0n) is 42.3. The third kappa shape index (κ3) is 10.3. The van der Waals surface area contributed by atoms with Crippen LogP contribution in [-0.4, -0.2) is 132 Å². The van der Waals surface area contributed by atoms with Gasteiger partial charge in [-0.1, -0.05) is 55.4 Å². The number of methoxy groups -OCH3 is 1. The minimum absolute atomic E-state index is 0.0549. The Hall–Kier alpha value is -1.35. The van der Waals surface area contributed by atoms with Crippen molar-refractivity contribution < 1.29 is 46.8 Å². The SMILES string of the molecule is COCCOCCOCCOC(C)C(CN[C@]12CC[C@@H](C3(C)CC3)[C@@H]1[C@H]1CC[C@@H]3[C@@]4(C)CC[C@H](OC(=O)CC(C)(C)CC(=O)O)C(C)(C)[C@@H]4CC[C@@]3(C)[C@]1(C)CC2)N1CCS(=O)(=O)CC1. The molecule has 0 spiro atoms. The molecule has 7 aliphatic rings. The van der Waals surface area contributed by atoms with Crippen LogP contribution in [0, 0.1) is 62.1 Å². The lowest BCUT2D eigenvalue weighted by Crippen LogP contribution is -2.69. The first-order valence-electron chi connectivity index (χ1n) is 25.8. The fraction of sp³-hybridized carbons (Fsp3) is 0.962. The number of carbonyl (C=O) groups excluding carboxylic acids is 1. The van der Waals surface area contributed by atoms with Crippen LogP contribution < -0.4 is 5.32 Å². The van der Waals surface area contributed by atoms with E-state index >= 15 is 0 Å². The minimum atomic E-state index is -3.03. The number of fused-ring (bicyclic) bond motifs is 7. The molecule has 1 heterocycles. The Morgan fingerprint density at radius 1 is 0.754 bits per heavy atom. The maximum atomic E-state index is 13.4. The van der Waals surface area contributed by atoms with Crippen LogP contribution in [0.25, 0.3) is 0 Å². The van der Waals surface area contributed by atoms with E-state index in [1.807, 2.05) is 13.8 Å². The minimum Gasteiger partial charge on any atom is -0.481 e. The van der Waals surface area contributed by atoms with Crippen molar-refractivity contribution >= 4 is 21.8 Å². The number of nitrogens with one attached hydrogen (secondary N) is 1. The van der Waals surface area contributed by atoms with Crippen LogP contribution in [0.1, 0.15) is 152 Å². The Morgan fingerprint density at radius 3 is 2.06 bits per heavy atom. The van der Waals surface area contributed by atoms with Gasteiger partial charge in [0.05, 0.1) is 70.1 Å². The molecule has 0 aromatic carbocycles. The molecular formula is C52H90N2O10S. The summed E-state index contributed by atoms with van der Waals surface area (Å²) in [5.41, 5.74) is 0.207. The van der Waals surface area contributed by atoms with Gasteiger partial charge in [0.2, 0.25) is 0 Å². The number of nitrogens with zero attached hydrogens (tertiary/aromatic N) is 1. The average molecular weight is 935 g/mol. The van der Waals surface area contributed by atoms with Gasteiger partial charge in [-0.3, -0.25) is 14.5 Å². The maximum absolute atomic E-state index is 13.4. The summed E-state index contributed by atoms with van der Waals surface area (Å²) in [5.74, 6) is 2.24. The number of hydrogen-bond donors (Lipinski definition) is 2. The second-order valence-electron chi connectivity index (χ2n) is 24.8. The summed E-state index contributed by atoms with van der Waals surface area (Å²) in [7, 11) is -1.36. The van der Waals surface area contributed by atoms with E-state index in [4.69, 9.17) is 23.7 Å². The highest BCUT2D eigenvalue weighted by atomic mass is 32.2. The molecule has 2 N–H and O–H groups in total. The zero-order valence-corrected chi connectivity index (χ0v) is 43.1. The molecule has 0 bridgehead atoms. The van der Waals surface area contributed by atoms with E-state index in [2.05, 4.69) is 58.7 Å². The van der Waals surface area contributed by atoms with Gasteiger partial charge in [-0.15, -0.1) is 0 Å². The van der Waals surface area contributed by atoms with Crippen LogP contribution in [-0.2, 0) is 43.1 Å². The molecule has 12 atom stereocenters. The summed E-state index contributed by atoms with van der Waals surface area (Å²) < 4.78 is 54.6. The van der Waals surface area contributed by atoms with Gasteiger partial charge in [0.1, 0.15) is 6.10 Å². The summed E-state index contributed by atoms with van der Waals surface area (Å²) in [6.07, 6.45) is 14.1. The standard InChI is InChI=1S/C52H90N2O10S/c1-36(63-30-29-62-28-27-61-26-25-60-10)39(54-23-31-65(58,59)32-24-54)35-53-52-18-13-37(48(6)19-20-48)45(52)38-11-12-41-49(7)16-15-42(64-44(57)34-46(2,3)33-43(55)56)47(4,5)40(49)14-17-51(41,9)50(38,8)21-22-52/h36-42,45,53H,11-35H2,1-10H3,(H,55,56)/t36?,37-,38-,39?,40+,41-,42+,45-,49+,50-,51-,52+/m1/s1. The van der Waals surface area contributed by atoms with Gasteiger partial charge in [0.25, 0.3) is 0 Å². The Balaban J connectivity index is 1.07. The summed E-state index contributed by atoms with van der Waals surface area (Å²) >= 11 is 0. The van der Waals surface area contributed by atoms with Crippen LogP contribution >= 0.6 is 0 Å². The zero-order chi connectivity index (χ0) is 47.3. The molecule has 1 saturated heterocycles. The Morgan fingerprint density at radius 2 is 1.42 bits per heavy atom. The monoisotopic (exact) mass is 935 g/mol.